The van der Waals surface area contributed by atoms with Crippen molar-refractivity contribution in [2.75, 3.05) is 0 Å². The molecule has 0 saturated carbocycles. The standard InChI is InChI=1S/C11H10F3N3O2/c1-4(18)9(15)11-16-10(17-19-11)5-2-6(12)8(14)7(13)3-5/h2-4,9,18H,15H2,1H3. The van der Waals surface area contributed by atoms with Crippen LogP contribution in [0.25, 0.3) is 11.4 Å². The van der Waals surface area contributed by atoms with E-state index < -0.39 is 29.6 Å². The summed E-state index contributed by atoms with van der Waals surface area (Å²) in [7, 11) is 0. The van der Waals surface area contributed by atoms with Crippen molar-refractivity contribution in [1.82, 2.24) is 10.1 Å². The fourth-order valence-electron chi connectivity index (χ4n) is 1.38. The first-order valence-corrected chi connectivity index (χ1v) is 5.32. The summed E-state index contributed by atoms with van der Waals surface area (Å²) in [5.41, 5.74) is 5.47. The Labute approximate surface area is 105 Å². The van der Waals surface area contributed by atoms with Gasteiger partial charge < -0.3 is 15.4 Å². The molecule has 2 unspecified atom stereocenters. The van der Waals surface area contributed by atoms with Crippen molar-refractivity contribution in [2.24, 2.45) is 5.73 Å². The summed E-state index contributed by atoms with van der Waals surface area (Å²) in [6.07, 6.45) is -0.935. The smallest absolute Gasteiger partial charge is 0.246 e. The zero-order valence-corrected chi connectivity index (χ0v) is 9.77. The van der Waals surface area contributed by atoms with Gasteiger partial charge in [0.2, 0.25) is 11.7 Å². The fourth-order valence-corrected chi connectivity index (χ4v) is 1.38. The first kappa shape index (κ1) is 13.5. The van der Waals surface area contributed by atoms with Gasteiger partial charge >= 0.3 is 0 Å². The molecular weight excluding hydrogens is 263 g/mol. The maximum Gasteiger partial charge on any atom is 0.246 e. The van der Waals surface area contributed by atoms with Gasteiger partial charge in [0.15, 0.2) is 17.5 Å². The average molecular weight is 273 g/mol. The van der Waals surface area contributed by atoms with E-state index in [9.17, 15) is 18.3 Å². The van der Waals surface area contributed by atoms with Gasteiger partial charge in [0.05, 0.1) is 6.10 Å². The van der Waals surface area contributed by atoms with Crippen LogP contribution < -0.4 is 5.73 Å². The van der Waals surface area contributed by atoms with Gasteiger partial charge in [-0.05, 0) is 19.1 Å². The summed E-state index contributed by atoms with van der Waals surface area (Å²) < 4.78 is 43.7. The maximum atomic E-state index is 13.1. The van der Waals surface area contributed by atoms with E-state index >= 15 is 0 Å². The summed E-state index contributed by atoms with van der Waals surface area (Å²) in [5.74, 6) is -4.53. The summed E-state index contributed by atoms with van der Waals surface area (Å²) in [6, 6.07) is 0.554. The van der Waals surface area contributed by atoms with Crippen molar-refractivity contribution in [3.63, 3.8) is 0 Å². The third-order valence-corrected chi connectivity index (χ3v) is 2.49. The molecule has 3 N–H and O–H groups in total. The van der Waals surface area contributed by atoms with Crippen molar-refractivity contribution in [1.29, 1.82) is 0 Å². The van der Waals surface area contributed by atoms with E-state index in [1.54, 1.807) is 0 Å². The molecule has 0 radical (unpaired) electrons. The summed E-state index contributed by atoms with van der Waals surface area (Å²) in [4.78, 5) is 3.79. The molecule has 1 aromatic heterocycles. The molecule has 5 nitrogen and oxygen atoms in total. The third-order valence-electron chi connectivity index (χ3n) is 2.49. The predicted molar refractivity (Wildman–Crippen MR) is 58.2 cm³/mol. The molecule has 19 heavy (non-hydrogen) atoms. The molecule has 1 aromatic carbocycles. The summed E-state index contributed by atoms with van der Waals surface area (Å²) >= 11 is 0. The minimum Gasteiger partial charge on any atom is -0.391 e. The minimum absolute atomic E-state index is 0.0878. The van der Waals surface area contributed by atoms with Crippen LogP contribution in [0.15, 0.2) is 16.7 Å². The number of benzene rings is 1. The molecule has 0 aliphatic heterocycles. The van der Waals surface area contributed by atoms with E-state index in [0.29, 0.717) is 0 Å². The molecule has 1 heterocycles. The number of hydrogen-bond donors (Lipinski definition) is 2. The highest BCUT2D eigenvalue weighted by Crippen LogP contribution is 2.23. The Morgan fingerprint density at radius 3 is 2.37 bits per heavy atom. The Hall–Kier alpha value is -1.93. The highest BCUT2D eigenvalue weighted by Gasteiger charge is 2.21. The van der Waals surface area contributed by atoms with Gasteiger partial charge in [-0.25, -0.2) is 13.2 Å². The van der Waals surface area contributed by atoms with Gasteiger partial charge in [-0.15, -0.1) is 0 Å². The summed E-state index contributed by atoms with van der Waals surface area (Å²) in [6.45, 7) is 1.42. The molecule has 0 spiro atoms. The van der Waals surface area contributed by atoms with E-state index in [4.69, 9.17) is 10.3 Å². The first-order valence-electron chi connectivity index (χ1n) is 5.32. The molecule has 0 aliphatic rings. The predicted octanol–water partition coefficient (Wildman–Crippen LogP) is 1.53. The first-order chi connectivity index (χ1) is 8.90. The average Bonchev–Trinajstić information content (AvgIpc) is 2.83. The molecule has 102 valence electrons. The second-order valence-corrected chi connectivity index (χ2v) is 3.98. The highest BCUT2D eigenvalue weighted by atomic mass is 19.2. The van der Waals surface area contributed by atoms with E-state index in [-0.39, 0.29) is 17.3 Å². The zero-order chi connectivity index (χ0) is 14.2. The van der Waals surface area contributed by atoms with Crippen LogP contribution in [0.4, 0.5) is 13.2 Å². The quantitative estimate of drug-likeness (QED) is 0.828. The van der Waals surface area contributed by atoms with Crippen LogP contribution in [0, 0.1) is 17.5 Å². The number of hydrogen-bond acceptors (Lipinski definition) is 5. The Morgan fingerprint density at radius 1 is 1.26 bits per heavy atom. The number of aliphatic hydroxyl groups is 1. The van der Waals surface area contributed by atoms with Gasteiger partial charge in [-0.2, -0.15) is 4.98 Å². The zero-order valence-electron chi connectivity index (χ0n) is 9.77. The Bertz CT molecular complexity index is 578. The van der Waals surface area contributed by atoms with Crippen LogP contribution in [-0.2, 0) is 0 Å². The molecule has 0 bridgehead atoms. The lowest BCUT2D eigenvalue weighted by Crippen LogP contribution is -2.23. The minimum atomic E-state index is -1.58. The molecule has 2 atom stereocenters. The Kier molecular flexibility index (Phi) is 3.54. The number of nitrogens with two attached hydrogens (primary N) is 1. The van der Waals surface area contributed by atoms with Crippen molar-refractivity contribution >= 4 is 0 Å². The van der Waals surface area contributed by atoms with E-state index in [1.807, 2.05) is 0 Å². The number of aromatic nitrogens is 2. The lowest BCUT2D eigenvalue weighted by molar-refractivity contribution is 0.146. The van der Waals surface area contributed by atoms with E-state index in [1.165, 1.54) is 6.92 Å². The van der Waals surface area contributed by atoms with Crippen molar-refractivity contribution in [2.45, 2.75) is 19.1 Å². The molecule has 0 fully saturated rings. The van der Waals surface area contributed by atoms with Crippen LogP contribution in [0.2, 0.25) is 0 Å². The molecule has 2 rings (SSSR count). The van der Waals surface area contributed by atoms with Crippen LogP contribution in [0.3, 0.4) is 0 Å². The lowest BCUT2D eigenvalue weighted by Gasteiger charge is -2.08. The van der Waals surface area contributed by atoms with Gasteiger partial charge in [-0.1, -0.05) is 5.16 Å². The van der Waals surface area contributed by atoms with Crippen molar-refractivity contribution < 1.29 is 22.8 Å². The van der Waals surface area contributed by atoms with Gasteiger partial charge in [0.1, 0.15) is 6.04 Å². The summed E-state index contributed by atoms with van der Waals surface area (Å²) in [5, 5.41) is 12.7. The van der Waals surface area contributed by atoms with E-state index in [2.05, 4.69) is 10.1 Å². The number of halogens is 3. The normalized spacial score (nSPS) is 14.4. The van der Waals surface area contributed by atoms with Crippen LogP contribution in [-0.4, -0.2) is 21.4 Å². The van der Waals surface area contributed by atoms with Crippen LogP contribution in [0.5, 0.6) is 0 Å². The fraction of sp³-hybridized carbons (Fsp3) is 0.273. The van der Waals surface area contributed by atoms with Gasteiger partial charge in [-0.3, -0.25) is 0 Å². The molecule has 8 heteroatoms. The van der Waals surface area contributed by atoms with E-state index in [0.717, 1.165) is 12.1 Å². The number of nitrogens with zero attached hydrogens (tertiary/aromatic N) is 2. The molecule has 0 amide bonds. The van der Waals surface area contributed by atoms with Crippen molar-refractivity contribution in [3.8, 4) is 11.4 Å². The molecular formula is C11H10F3N3O2. The van der Waals surface area contributed by atoms with Gasteiger partial charge in [0, 0.05) is 5.56 Å². The Balaban J connectivity index is 2.38. The second-order valence-electron chi connectivity index (χ2n) is 3.98. The molecule has 0 saturated heterocycles. The number of rotatable bonds is 3. The monoisotopic (exact) mass is 273 g/mol. The molecule has 2 aromatic rings. The number of aliphatic hydroxyl groups excluding tert-OH is 1. The third kappa shape index (κ3) is 2.59. The Morgan fingerprint density at radius 2 is 1.84 bits per heavy atom. The van der Waals surface area contributed by atoms with Crippen LogP contribution >= 0.6 is 0 Å². The second kappa shape index (κ2) is 4.98. The molecule has 0 aliphatic carbocycles. The van der Waals surface area contributed by atoms with Crippen LogP contribution in [0.1, 0.15) is 18.9 Å². The highest BCUT2D eigenvalue weighted by molar-refractivity contribution is 5.54. The largest absolute Gasteiger partial charge is 0.391 e. The lowest BCUT2D eigenvalue weighted by atomic mass is 10.2. The topological polar surface area (TPSA) is 85.2 Å². The maximum absolute atomic E-state index is 13.1. The van der Waals surface area contributed by atoms with Gasteiger partial charge in [0.25, 0.3) is 0 Å². The SMILES string of the molecule is CC(O)C(N)c1nc(-c2cc(F)c(F)c(F)c2)no1. The van der Waals surface area contributed by atoms with Crippen molar-refractivity contribution in [3.05, 3.63) is 35.5 Å².